The summed E-state index contributed by atoms with van der Waals surface area (Å²) in [6.45, 7) is 0. The largest absolute Gasteiger partial charge is 0.354 e. The van der Waals surface area contributed by atoms with Gasteiger partial charge in [-0.1, -0.05) is 146 Å². The van der Waals surface area contributed by atoms with Gasteiger partial charge in [0.05, 0.1) is 5.52 Å². The fraction of sp³-hybridized carbons (Fsp3) is 0. The molecule has 4 nitrogen and oxygen atoms in total. The van der Waals surface area contributed by atoms with E-state index in [9.17, 15) is 0 Å². The number of hydrogen-bond acceptors (Lipinski definition) is 3. The summed E-state index contributed by atoms with van der Waals surface area (Å²) in [4.78, 5) is 3.68. The number of aromatic nitrogens is 4. The summed E-state index contributed by atoms with van der Waals surface area (Å²) in [5.74, 6) is 0. The second-order valence-electron chi connectivity index (χ2n) is 10.6. The number of para-hydroxylation sites is 2. The van der Waals surface area contributed by atoms with Crippen molar-refractivity contribution in [3.8, 4) is 55.9 Å². The van der Waals surface area contributed by atoms with Gasteiger partial charge in [-0.25, -0.2) is 0 Å². The van der Waals surface area contributed by atoms with Crippen LogP contribution in [0.3, 0.4) is 0 Å². The van der Waals surface area contributed by atoms with Gasteiger partial charge in [-0.3, -0.25) is 0 Å². The second kappa shape index (κ2) is 10.5. The molecule has 0 aliphatic carbocycles. The first-order chi connectivity index (χ1) is 21.4. The number of aromatic amines is 1. The minimum Gasteiger partial charge on any atom is -0.354 e. The topological polar surface area (TPSA) is 54.5 Å². The maximum Gasteiger partial charge on any atom is 0.107 e. The Morgan fingerprint density at radius 3 is 1.56 bits per heavy atom. The molecule has 2 aromatic heterocycles. The summed E-state index contributed by atoms with van der Waals surface area (Å²) in [7, 11) is 0. The standard InChI is InChI=1S/C39H26N4/c1-3-14-26(15-4-1)28-18-7-9-21-31(28)36-38(32-22-10-8-19-29(32)27-16-5-2-6-17-27)41-43-42-39(36)34-24-13-23-33-30-20-11-12-25-35(30)40-37(33)34/h1-25,40H. The van der Waals surface area contributed by atoms with Crippen molar-refractivity contribution in [1.29, 1.82) is 0 Å². The fourth-order valence-corrected chi connectivity index (χ4v) is 6.16. The van der Waals surface area contributed by atoms with Crippen LogP contribution in [-0.2, 0) is 0 Å². The van der Waals surface area contributed by atoms with E-state index >= 15 is 0 Å². The van der Waals surface area contributed by atoms with Crippen molar-refractivity contribution in [3.05, 3.63) is 152 Å². The van der Waals surface area contributed by atoms with E-state index in [1.54, 1.807) is 0 Å². The van der Waals surface area contributed by atoms with E-state index in [2.05, 4.69) is 150 Å². The predicted octanol–water partition coefficient (Wildman–Crippen LogP) is 9.84. The number of benzene rings is 6. The van der Waals surface area contributed by atoms with E-state index in [-0.39, 0.29) is 0 Å². The molecule has 0 unspecified atom stereocenters. The molecule has 0 saturated carbocycles. The first-order valence-electron chi connectivity index (χ1n) is 14.4. The van der Waals surface area contributed by atoms with Crippen molar-refractivity contribution in [2.45, 2.75) is 0 Å². The Labute approximate surface area is 249 Å². The Hall–Kier alpha value is -5.87. The molecule has 0 aliphatic rings. The first kappa shape index (κ1) is 24.9. The van der Waals surface area contributed by atoms with Crippen LogP contribution < -0.4 is 0 Å². The molecule has 0 fully saturated rings. The predicted molar refractivity (Wildman–Crippen MR) is 176 cm³/mol. The van der Waals surface area contributed by atoms with Gasteiger partial charge in [-0.2, -0.15) is 0 Å². The Morgan fingerprint density at radius 2 is 0.860 bits per heavy atom. The van der Waals surface area contributed by atoms with Crippen LogP contribution in [0.15, 0.2) is 152 Å². The third-order valence-electron chi connectivity index (χ3n) is 8.11. The van der Waals surface area contributed by atoms with Gasteiger partial charge in [0.1, 0.15) is 11.4 Å². The SMILES string of the molecule is c1ccc(-c2ccccc2-c2nnnc(-c3cccc4c3[nH]c3ccccc34)c2-c2ccccc2-c2ccccc2)cc1. The van der Waals surface area contributed by atoms with Gasteiger partial charge in [0, 0.05) is 33.0 Å². The third-order valence-corrected chi connectivity index (χ3v) is 8.11. The van der Waals surface area contributed by atoms with Gasteiger partial charge >= 0.3 is 0 Å². The van der Waals surface area contributed by atoms with Crippen molar-refractivity contribution in [2.24, 2.45) is 0 Å². The number of rotatable bonds is 5. The number of nitrogens with zero attached hydrogens (tertiary/aromatic N) is 3. The molecule has 0 aliphatic heterocycles. The van der Waals surface area contributed by atoms with Crippen LogP contribution >= 0.6 is 0 Å². The molecule has 0 bridgehead atoms. The lowest BCUT2D eigenvalue weighted by atomic mass is 9.87. The highest BCUT2D eigenvalue weighted by atomic mass is 15.3. The van der Waals surface area contributed by atoms with Gasteiger partial charge in [0.2, 0.25) is 0 Å². The third kappa shape index (κ3) is 4.28. The van der Waals surface area contributed by atoms with Crippen molar-refractivity contribution >= 4 is 21.8 Å². The fourth-order valence-electron chi connectivity index (χ4n) is 6.16. The minimum atomic E-state index is 0.786. The molecule has 8 rings (SSSR count). The summed E-state index contributed by atoms with van der Waals surface area (Å²) >= 11 is 0. The second-order valence-corrected chi connectivity index (χ2v) is 10.6. The number of nitrogens with one attached hydrogen (secondary N) is 1. The molecule has 8 aromatic rings. The highest BCUT2D eigenvalue weighted by Gasteiger charge is 2.24. The zero-order chi connectivity index (χ0) is 28.6. The Bertz CT molecular complexity index is 2230. The number of H-pyrrole nitrogens is 1. The summed E-state index contributed by atoms with van der Waals surface area (Å²) in [5, 5.41) is 16.3. The van der Waals surface area contributed by atoms with Crippen LogP contribution in [0.4, 0.5) is 0 Å². The lowest BCUT2D eigenvalue weighted by molar-refractivity contribution is 0.879. The average Bonchev–Trinajstić information content (AvgIpc) is 3.48. The molecule has 0 spiro atoms. The summed E-state index contributed by atoms with van der Waals surface area (Å²) in [6, 6.07) is 52.7. The van der Waals surface area contributed by atoms with Gasteiger partial charge in [-0.15, -0.1) is 10.2 Å². The molecule has 0 saturated heterocycles. The van der Waals surface area contributed by atoms with E-state index in [0.717, 1.165) is 72.3 Å². The van der Waals surface area contributed by atoms with Gasteiger partial charge in [-0.05, 0) is 39.1 Å². The van der Waals surface area contributed by atoms with E-state index < -0.39 is 0 Å². The summed E-state index contributed by atoms with van der Waals surface area (Å²) in [5.41, 5.74) is 12.2. The molecule has 202 valence electrons. The van der Waals surface area contributed by atoms with Crippen molar-refractivity contribution in [2.75, 3.05) is 0 Å². The normalized spacial score (nSPS) is 11.3. The molecular formula is C39H26N4. The maximum absolute atomic E-state index is 4.79. The molecule has 43 heavy (non-hydrogen) atoms. The van der Waals surface area contributed by atoms with E-state index in [1.807, 2.05) is 12.1 Å². The zero-order valence-corrected chi connectivity index (χ0v) is 23.3. The zero-order valence-electron chi connectivity index (χ0n) is 23.3. The van der Waals surface area contributed by atoms with Crippen LogP contribution in [-0.4, -0.2) is 20.4 Å². The van der Waals surface area contributed by atoms with Gasteiger partial charge in [0.25, 0.3) is 0 Å². The quantitative estimate of drug-likeness (QED) is 0.232. The number of fused-ring (bicyclic) bond motifs is 3. The van der Waals surface area contributed by atoms with Gasteiger partial charge < -0.3 is 4.98 Å². The highest BCUT2D eigenvalue weighted by Crippen LogP contribution is 2.45. The molecular weight excluding hydrogens is 524 g/mol. The van der Waals surface area contributed by atoms with Crippen molar-refractivity contribution in [3.63, 3.8) is 0 Å². The van der Waals surface area contributed by atoms with Crippen molar-refractivity contribution in [1.82, 2.24) is 20.4 Å². The van der Waals surface area contributed by atoms with Crippen LogP contribution in [0.5, 0.6) is 0 Å². The minimum absolute atomic E-state index is 0.786. The average molecular weight is 551 g/mol. The summed E-state index contributed by atoms with van der Waals surface area (Å²) in [6.07, 6.45) is 0. The lowest BCUT2D eigenvalue weighted by Gasteiger charge is -2.18. The van der Waals surface area contributed by atoms with Gasteiger partial charge in [0.15, 0.2) is 0 Å². The maximum atomic E-state index is 4.79. The molecule has 2 heterocycles. The molecule has 0 amide bonds. The molecule has 4 heteroatoms. The van der Waals surface area contributed by atoms with Crippen LogP contribution in [0.25, 0.3) is 77.7 Å². The summed E-state index contributed by atoms with van der Waals surface area (Å²) < 4.78 is 0. The molecule has 6 aromatic carbocycles. The molecule has 1 N–H and O–H groups in total. The Balaban J connectivity index is 1.48. The Kier molecular flexibility index (Phi) is 6.08. The molecule has 0 radical (unpaired) electrons. The highest BCUT2D eigenvalue weighted by molar-refractivity contribution is 6.13. The lowest BCUT2D eigenvalue weighted by Crippen LogP contribution is -2.02. The Morgan fingerprint density at radius 1 is 0.372 bits per heavy atom. The van der Waals surface area contributed by atoms with E-state index in [1.165, 1.54) is 5.39 Å². The van der Waals surface area contributed by atoms with E-state index in [4.69, 9.17) is 10.2 Å². The monoisotopic (exact) mass is 550 g/mol. The van der Waals surface area contributed by atoms with Crippen LogP contribution in [0.1, 0.15) is 0 Å². The molecule has 0 atom stereocenters. The van der Waals surface area contributed by atoms with Crippen molar-refractivity contribution < 1.29 is 0 Å². The first-order valence-corrected chi connectivity index (χ1v) is 14.4. The van der Waals surface area contributed by atoms with Crippen LogP contribution in [0.2, 0.25) is 0 Å². The van der Waals surface area contributed by atoms with Crippen LogP contribution in [0, 0.1) is 0 Å². The smallest absolute Gasteiger partial charge is 0.107 e. The van der Waals surface area contributed by atoms with E-state index in [0.29, 0.717) is 0 Å². The number of hydrogen-bond donors (Lipinski definition) is 1.